The lowest BCUT2D eigenvalue weighted by Gasteiger charge is -2.18. The molecular formula is C44H82N2O7. The molecule has 0 spiro atoms. The lowest BCUT2D eigenvalue weighted by molar-refractivity contribution is -0.150. The van der Waals surface area contributed by atoms with Gasteiger partial charge in [0.05, 0.1) is 13.2 Å². The SMILES string of the molecule is CCCCCCCCCC/C=C\CCCC(CCCCCCCC(=O)NCC(=O)NC(CO)C(=O)O)OC(=O)CCCCCCCCCCCCCC. The molecule has 9 heteroatoms. The van der Waals surface area contributed by atoms with Crippen LogP contribution in [-0.2, 0) is 23.9 Å². The Bertz CT molecular complexity index is 910. The van der Waals surface area contributed by atoms with Crippen molar-refractivity contribution in [1.82, 2.24) is 10.6 Å². The van der Waals surface area contributed by atoms with E-state index in [4.69, 9.17) is 14.9 Å². The maximum Gasteiger partial charge on any atom is 0.328 e. The van der Waals surface area contributed by atoms with E-state index >= 15 is 0 Å². The molecule has 0 bridgehead atoms. The molecule has 0 heterocycles. The molecule has 0 saturated carbocycles. The van der Waals surface area contributed by atoms with E-state index in [1.807, 2.05) is 0 Å². The highest BCUT2D eigenvalue weighted by molar-refractivity contribution is 5.87. The number of allylic oxidation sites excluding steroid dienone is 2. The van der Waals surface area contributed by atoms with Crippen molar-refractivity contribution in [3.8, 4) is 0 Å². The predicted octanol–water partition coefficient (Wildman–Crippen LogP) is 10.7. The van der Waals surface area contributed by atoms with Crippen molar-refractivity contribution >= 4 is 23.8 Å². The monoisotopic (exact) mass is 751 g/mol. The van der Waals surface area contributed by atoms with Crippen molar-refractivity contribution in [3.63, 3.8) is 0 Å². The van der Waals surface area contributed by atoms with Gasteiger partial charge in [-0.1, -0.05) is 161 Å². The van der Waals surface area contributed by atoms with Crippen molar-refractivity contribution in [2.45, 2.75) is 231 Å². The number of rotatable bonds is 40. The van der Waals surface area contributed by atoms with Crippen LogP contribution in [0.25, 0.3) is 0 Å². The van der Waals surface area contributed by atoms with Crippen LogP contribution in [0, 0.1) is 0 Å². The zero-order chi connectivity index (χ0) is 39.0. The molecule has 0 fully saturated rings. The first-order valence-corrected chi connectivity index (χ1v) is 22.1. The third kappa shape index (κ3) is 36.3. The lowest BCUT2D eigenvalue weighted by Crippen LogP contribution is -2.47. The second kappa shape index (κ2) is 39.3. The van der Waals surface area contributed by atoms with Gasteiger partial charge in [0.1, 0.15) is 12.1 Å². The summed E-state index contributed by atoms with van der Waals surface area (Å²) in [6, 6.07) is -1.38. The molecule has 2 unspecified atom stereocenters. The van der Waals surface area contributed by atoms with Gasteiger partial charge in [-0.25, -0.2) is 4.79 Å². The number of aliphatic carboxylic acids is 1. The van der Waals surface area contributed by atoms with Crippen LogP contribution in [0.5, 0.6) is 0 Å². The molecule has 0 saturated heterocycles. The molecule has 0 aliphatic heterocycles. The van der Waals surface area contributed by atoms with Crippen LogP contribution in [0.3, 0.4) is 0 Å². The number of unbranched alkanes of at least 4 members (excludes halogenated alkanes) is 24. The fourth-order valence-corrected chi connectivity index (χ4v) is 6.60. The number of carbonyl (C=O) groups excluding carboxylic acids is 3. The van der Waals surface area contributed by atoms with Crippen molar-refractivity contribution in [3.05, 3.63) is 12.2 Å². The van der Waals surface area contributed by atoms with Gasteiger partial charge in [0.15, 0.2) is 0 Å². The summed E-state index contributed by atoms with van der Waals surface area (Å²) in [5.74, 6) is -2.30. The number of carboxylic acids is 1. The third-order valence-corrected chi connectivity index (χ3v) is 10.0. The van der Waals surface area contributed by atoms with E-state index in [1.54, 1.807) is 0 Å². The van der Waals surface area contributed by atoms with Gasteiger partial charge in [0.2, 0.25) is 11.8 Å². The second-order valence-electron chi connectivity index (χ2n) is 15.1. The number of esters is 1. The maximum absolute atomic E-state index is 12.8. The van der Waals surface area contributed by atoms with E-state index in [0.717, 1.165) is 70.6 Å². The Kier molecular flexibility index (Phi) is 37.5. The van der Waals surface area contributed by atoms with Gasteiger partial charge >= 0.3 is 11.9 Å². The van der Waals surface area contributed by atoms with E-state index in [-0.39, 0.29) is 24.5 Å². The van der Waals surface area contributed by atoms with Crippen LogP contribution >= 0.6 is 0 Å². The zero-order valence-electron chi connectivity index (χ0n) is 34.3. The summed E-state index contributed by atoms with van der Waals surface area (Å²) >= 11 is 0. The van der Waals surface area contributed by atoms with Crippen molar-refractivity contribution in [2.75, 3.05) is 13.2 Å². The number of carboxylic acid groups (broad SMARTS) is 1. The summed E-state index contributed by atoms with van der Waals surface area (Å²) in [5.41, 5.74) is 0. The third-order valence-electron chi connectivity index (χ3n) is 10.0. The summed E-state index contributed by atoms with van der Waals surface area (Å²) in [4.78, 5) is 47.5. The average Bonchev–Trinajstić information content (AvgIpc) is 3.14. The Morgan fingerprint density at radius 1 is 0.547 bits per heavy atom. The van der Waals surface area contributed by atoms with E-state index < -0.39 is 24.5 Å². The number of ether oxygens (including phenoxy) is 1. The highest BCUT2D eigenvalue weighted by Gasteiger charge is 2.19. The highest BCUT2D eigenvalue weighted by Crippen LogP contribution is 2.18. The van der Waals surface area contributed by atoms with E-state index in [9.17, 15) is 19.2 Å². The predicted molar refractivity (Wildman–Crippen MR) is 218 cm³/mol. The van der Waals surface area contributed by atoms with Gasteiger partial charge in [0.25, 0.3) is 0 Å². The summed E-state index contributed by atoms with van der Waals surface area (Å²) in [6.45, 7) is 3.49. The minimum absolute atomic E-state index is 0.0376. The van der Waals surface area contributed by atoms with Crippen LogP contribution in [0.15, 0.2) is 12.2 Å². The van der Waals surface area contributed by atoms with Gasteiger partial charge in [-0.3, -0.25) is 14.4 Å². The molecule has 4 N–H and O–H groups in total. The number of carbonyl (C=O) groups is 4. The number of amides is 2. The van der Waals surface area contributed by atoms with Crippen LogP contribution in [0.4, 0.5) is 0 Å². The summed E-state index contributed by atoms with van der Waals surface area (Å²) in [6.07, 6.45) is 40.9. The van der Waals surface area contributed by atoms with Crippen LogP contribution in [-0.4, -0.2) is 59.3 Å². The number of hydrogen-bond acceptors (Lipinski definition) is 6. The summed E-state index contributed by atoms with van der Waals surface area (Å²) in [5, 5.41) is 22.5. The quantitative estimate of drug-likeness (QED) is 0.0277. The molecule has 0 radical (unpaired) electrons. The van der Waals surface area contributed by atoms with Crippen molar-refractivity contribution in [2.24, 2.45) is 0 Å². The minimum atomic E-state index is -1.38. The Hall–Kier alpha value is -2.42. The normalized spacial score (nSPS) is 12.5. The van der Waals surface area contributed by atoms with E-state index in [2.05, 4.69) is 36.6 Å². The molecule has 0 aliphatic rings. The topological polar surface area (TPSA) is 142 Å². The second-order valence-corrected chi connectivity index (χ2v) is 15.1. The van der Waals surface area contributed by atoms with Gasteiger partial charge in [0, 0.05) is 12.8 Å². The van der Waals surface area contributed by atoms with Crippen molar-refractivity contribution < 1.29 is 34.1 Å². The van der Waals surface area contributed by atoms with E-state index in [1.165, 1.54) is 116 Å². The van der Waals surface area contributed by atoms with Crippen molar-refractivity contribution in [1.29, 1.82) is 0 Å². The zero-order valence-corrected chi connectivity index (χ0v) is 34.3. The Morgan fingerprint density at radius 2 is 0.981 bits per heavy atom. The fraction of sp³-hybridized carbons (Fsp3) is 0.864. The molecule has 0 aromatic heterocycles. The molecule has 53 heavy (non-hydrogen) atoms. The molecule has 2 atom stereocenters. The number of nitrogens with one attached hydrogen (secondary N) is 2. The summed E-state index contributed by atoms with van der Waals surface area (Å²) in [7, 11) is 0. The van der Waals surface area contributed by atoms with Crippen LogP contribution < -0.4 is 10.6 Å². The highest BCUT2D eigenvalue weighted by atomic mass is 16.5. The van der Waals surface area contributed by atoms with Crippen LogP contribution in [0.2, 0.25) is 0 Å². The number of hydrogen-bond donors (Lipinski definition) is 4. The average molecular weight is 751 g/mol. The molecular weight excluding hydrogens is 668 g/mol. The lowest BCUT2D eigenvalue weighted by atomic mass is 10.0. The molecule has 0 aromatic rings. The van der Waals surface area contributed by atoms with Gasteiger partial charge < -0.3 is 25.6 Å². The fourth-order valence-electron chi connectivity index (χ4n) is 6.60. The maximum atomic E-state index is 12.8. The first kappa shape index (κ1) is 50.6. The van der Waals surface area contributed by atoms with E-state index in [0.29, 0.717) is 19.3 Å². The molecule has 2 amide bonds. The molecule has 310 valence electrons. The molecule has 0 aromatic carbocycles. The first-order chi connectivity index (χ1) is 25.8. The number of aliphatic hydroxyl groups excluding tert-OH is 1. The minimum Gasteiger partial charge on any atom is -0.480 e. The summed E-state index contributed by atoms with van der Waals surface area (Å²) < 4.78 is 6.01. The Morgan fingerprint density at radius 3 is 1.49 bits per heavy atom. The van der Waals surface area contributed by atoms with Gasteiger partial charge in [-0.15, -0.1) is 0 Å². The smallest absolute Gasteiger partial charge is 0.328 e. The van der Waals surface area contributed by atoms with Crippen LogP contribution in [0.1, 0.15) is 219 Å². The Labute approximate surface area is 324 Å². The van der Waals surface area contributed by atoms with Gasteiger partial charge in [-0.05, 0) is 57.8 Å². The molecule has 0 aliphatic carbocycles. The Balaban J connectivity index is 4.33. The van der Waals surface area contributed by atoms with Gasteiger partial charge in [-0.2, -0.15) is 0 Å². The number of aliphatic hydroxyl groups is 1. The molecule has 0 rings (SSSR count). The standard InChI is InChI=1S/C44H82N2O7/c1-3-5-7-9-11-13-15-17-18-20-22-25-29-33-39(53-43(50)36-32-28-23-21-19-16-14-12-10-8-6-4-2)34-30-26-24-27-31-35-41(48)45-37-42(49)46-40(38-47)44(51)52/h20,22,39-40,47H,3-19,21,23-38H2,1-2H3,(H,45,48)(H,46,49)(H,51,52)/b22-20-. The first-order valence-electron chi connectivity index (χ1n) is 22.1. The molecule has 9 nitrogen and oxygen atoms in total. The largest absolute Gasteiger partial charge is 0.480 e.